The van der Waals surface area contributed by atoms with Crippen molar-refractivity contribution in [3.8, 4) is 22.8 Å². The van der Waals surface area contributed by atoms with Crippen LogP contribution in [0.5, 0.6) is 0 Å². The third kappa shape index (κ3) is 5.62. The lowest BCUT2D eigenvalue weighted by Crippen LogP contribution is -2.03. The van der Waals surface area contributed by atoms with E-state index in [1.165, 1.54) is 39.0 Å². The molecule has 0 bridgehead atoms. The molecule has 5 aromatic rings. The molecule has 1 atom stereocenters. The van der Waals surface area contributed by atoms with Crippen LogP contribution in [-0.2, 0) is 7.05 Å². The van der Waals surface area contributed by atoms with Gasteiger partial charge in [0.2, 0.25) is 0 Å². The van der Waals surface area contributed by atoms with Crippen LogP contribution >= 0.6 is 0 Å². The van der Waals surface area contributed by atoms with Gasteiger partial charge in [0.1, 0.15) is 0 Å². The Bertz CT molecular complexity index is 1920. The summed E-state index contributed by atoms with van der Waals surface area (Å²) in [5, 5.41) is 4.76. The number of hydrogen-bond donors (Lipinski definition) is 0. The first-order valence-electron chi connectivity index (χ1n) is 14.9. The molecule has 0 saturated carbocycles. The third-order valence-electron chi connectivity index (χ3n) is 8.25. The Labute approximate surface area is 253 Å². The Kier molecular flexibility index (Phi) is 7.37. The zero-order valence-corrected chi connectivity index (χ0v) is 24.3. The highest BCUT2D eigenvalue weighted by atomic mass is 15.3. The van der Waals surface area contributed by atoms with Crippen molar-refractivity contribution in [2.75, 3.05) is 0 Å². The maximum absolute atomic E-state index is 4.90. The molecule has 1 heterocycles. The Hall–Kier alpha value is -5.28. The zero-order valence-electron chi connectivity index (χ0n) is 24.3. The number of hydrogen-bond acceptors (Lipinski definition) is 2. The fourth-order valence-electron chi connectivity index (χ4n) is 6.09. The van der Waals surface area contributed by atoms with Crippen molar-refractivity contribution in [1.29, 1.82) is 0 Å². The van der Waals surface area contributed by atoms with Gasteiger partial charge < -0.3 is 0 Å². The van der Waals surface area contributed by atoms with Gasteiger partial charge >= 0.3 is 0 Å². The topological polar surface area (TPSA) is 30.7 Å². The number of rotatable bonds is 6. The third-order valence-corrected chi connectivity index (χ3v) is 8.25. The van der Waals surface area contributed by atoms with Crippen molar-refractivity contribution in [2.24, 2.45) is 7.05 Å². The molecule has 1 unspecified atom stereocenters. The molecule has 0 aliphatic heterocycles. The SMILES string of the molecule is Cn1nc(-c2cccc(C3=CC(c4ccccc4C4=CC=CC=C(c5ccccc5)C4)CC=C3)c2)nc1-c1ccccc1. The second-order valence-electron chi connectivity index (χ2n) is 11.1. The molecule has 0 amide bonds. The Morgan fingerprint density at radius 2 is 1.35 bits per heavy atom. The second kappa shape index (κ2) is 11.9. The number of allylic oxidation sites excluding steroid dienone is 10. The summed E-state index contributed by atoms with van der Waals surface area (Å²) in [6.07, 6.45) is 17.7. The molecule has 0 saturated heterocycles. The maximum atomic E-state index is 4.90. The zero-order chi connectivity index (χ0) is 29.0. The number of nitrogens with zero attached hydrogens (tertiary/aromatic N) is 3. The van der Waals surface area contributed by atoms with E-state index >= 15 is 0 Å². The molecule has 0 fully saturated rings. The van der Waals surface area contributed by atoms with E-state index in [1.54, 1.807) is 0 Å². The van der Waals surface area contributed by atoms with Gasteiger partial charge in [-0.2, -0.15) is 5.10 Å². The molecule has 0 radical (unpaired) electrons. The van der Waals surface area contributed by atoms with Crippen LogP contribution in [0.4, 0.5) is 0 Å². The molecule has 3 nitrogen and oxygen atoms in total. The van der Waals surface area contributed by atoms with Crippen molar-refractivity contribution >= 4 is 16.7 Å². The van der Waals surface area contributed by atoms with Crippen LogP contribution in [0.25, 0.3) is 39.5 Å². The summed E-state index contributed by atoms with van der Waals surface area (Å²) in [5.74, 6) is 1.89. The number of benzene rings is 4. The van der Waals surface area contributed by atoms with E-state index in [-0.39, 0.29) is 5.92 Å². The standard InChI is InChI=1S/C40H33N3/c1-43-40(30-16-6-3-7-17-30)41-39(42-43)36-23-13-21-33(28-36)32-20-12-22-35(27-32)38-25-11-10-24-37(38)34-19-9-8-18-31(26-34)29-14-4-2-5-15-29/h2-21,23-25,27-28,35H,22,26H2,1H3. The van der Waals surface area contributed by atoms with E-state index in [4.69, 9.17) is 10.1 Å². The van der Waals surface area contributed by atoms with Crippen LogP contribution in [0, 0.1) is 0 Å². The van der Waals surface area contributed by atoms with E-state index in [2.05, 4.69) is 134 Å². The van der Waals surface area contributed by atoms with Gasteiger partial charge in [0.05, 0.1) is 0 Å². The fourth-order valence-corrected chi connectivity index (χ4v) is 6.09. The first kappa shape index (κ1) is 26.6. The van der Waals surface area contributed by atoms with Crippen molar-refractivity contribution in [3.05, 3.63) is 174 Å². The normalized spacial score (nSPS) is 16.3. The summed E-state index contributed by atoms with van der Waals surface area (Å²) in [7, 11) is 1.95. The van der Waals surface area contributed by atoms with E-state index in [1.807, 2.05) is 29.9 Å². The van der Waals surface area contributed by atoms with Gasteiger partial charge in [-0.05, 0) is 57.9 Å². The highest BCUT2D eigenvalue weighted by Gasteiger charge is 2.20. The largest absolute Gasteiger partial charge is 0.248 e. The smallest absolute Gasteiger partial charge is 0.181 e. The lowest BCUT2D eigenvalue weighted by atomic mass is 9.82. The lowest BCUT2D eigenvalue weighted by Gasteiger charge is -2.22. The van der Waals surface area contributed by atoms with Crippen molar-refractivity contribution < 1.29 is 0 Å². The molecule has 2 aliphatic carbocycles. The Morgan fingerprint density at radius 1 is 0.674 bits per heavy atom. The minimum absolute atomic E-state index is 0.287. The summed E-state index contributed by atoms with van der Waals surface area (Å²) in [4.78, 5) is 4.90. The summed E-state index contributed by atoms with van der Waals surface area (Å²) >= 11 is 0. The minimum Gasteiger partial charge on any atom is -0.248 e. The molecule has 208 valence electrons. The molecule has 43 heavy (non-hydrogen) atoms. The van der Waals surface area contributed by atoms with Crippen LogP contribution in [0.15, 0.2) is 152 Å². The predicted octanol–water partition coefficient (Wildman–Crippen LogP) is 9.70. The van der Waals surface area contributed by atoms with E-state index in [9.17, 15) is 0 Å². The van der Waals surface area contributed by atoms with Crippen molar-refractivity contribution in [3.63, 3.8) is 0 Å². The number of aryl methyl sites for hydroxylation is 1. The average Bonchev–Trinajstić information content (AvgIpc) is 3.30. The highest BCUT2D eigenvalue weighted by molar-refractivity contribution is 5.84. The van der Waals surface area contributed by atoms with Gasteiger partial charge in [0.25, 0.3) is 0 Å². The molecule has 4 aromatic carbocycles. The van der Waals surface area contributed by atoms with E-state index in [0.29, 0.717) is 0 Å². The molecular weight excluding hydrogens is 522 g/mol. The molecular formula is C40H33N3. The van der Waals surface area contributed by atoms with Crippen LogP contribution < -0.4 is 0 Å². The van der Waals surface area contributed by atoms with Gasteiger partial charge in [-0.1, -0.05) is 146 Å². The van der Waals surface area contributed by atoms with Gasteiger partial charge in [0.15, 0.2) is 11.6 Å². The van der Waals surface area contributed by atoms with Crippen LogP contribution in [0.2, 0.25) is 0 Å². The molecule has 1 aromatic heterocycles. The van der Waals surface area contributed by atoms with Crippen LogP contribution in [-0.4, -0.2) is 14.8 Å². The van der Waals surface area contributed by atoms with E-state index < -0.39 is 0 Å². The quantitative estimate of drug-likeness (QED) is 0.209. The average molecular weight is 556 g/mol. The van der Waals surface area contributed by atoms with Crippen molar-refractivity contribution in [2.45, 2.75) is 18.8 Å². The van der Waals surface area contributed by atoms with Gasteiger partial charge in [0, 0.05) is 24.1 Å². The first-order valence-corrected chi connectivity index (χ1v) is 14.9. The summed E-state index contributed by atoms with van der Waals surface area (Å²) < 4.78 is 1.86. The first-order chi connectivity index (χ1) is 21.2. The molecule has 0 N–H and O–H groups in total. The predicted molar refractivity (Wildman–Crippen MR) is 179 cm³/mol. The summed E-state index contributed by atoms with van der Waals surface area (Å²) in [6, 6.07) is 38.4. The Balaban J connectivity index is 1.19. The van der Waals surface area contributed by atoms with E-state index in [0.717, 1.165) is 35.6 Å². The number of aromatic nitrogens is 3. The maximum Gasteiger partial charge on any atom is 0.181 e. The highest BCUT2D eigenvalue weighted by Crippen LogP contribution is 2.39. The minimum atomic E-state index is 0.287. The second-order valence-corrected chi connectivity index (χ2v) is 11.1. The summed E-state index contributed by atoms with van der Waals surface area (Å²) in [5.41, 5.74) is 11.1. The molecule has 7 rings (SSSR count). The van der Waals surface area contributed by atoms with Gasteiger partial charge in [-0.15, -0.1) is 0 Å². The molecule has 0 spiro atoms. The van der Waals surface area contributed by atoms with Crippen LogP contribution in [0.3, 0.4) is 0 Å². The Morgan fingerprint density at radius 3 is 2.16 bits per heavy atom. The fraction of sp³-hybridized carbons (Fsp3) is 0.100. The van der Waals surface area contributed by atoms with Crippen LogP contribution in [0.1, 0.15) is 41.0 Å². The van der Waals surface area contributed by atoms with Crippen molar-refractivity contribution in [1.82, 2.24) is 14.8 Å². The lowest BCUT2D eigenvalue weighted by molar-refractivity contribution is 0.777. The summed E-state index contributed by atoms with van der Waals surface area (Å²) in [6.45, 7) is 0. The molecule has 3 heteroatoms. The molecule has 2 aliphatic rings. The van der Waals surface area contributed by atoms with Gasteiger partial charge in [-0.3, -0.25) is 0 Å². The monoisotopic (exact) mass is 555 g/mol. The van der Waals surface area contributed by atoms with Gasteiger partial charge in [-0.25, -0.2) is 9.67 Å².